The van der Waals surface area contributed by atoms with E-state index < -0.39 is 29.8 Å². The van der Waals surface area contributed by atoms with Crippen LogP contribution in [0.5, 0.6) is 0 Å². The summed E-state index contributed by atoms with van der Waals surface area (Å²) >= 11 is 6.17. The number of rotatable bonds is 9. The number of ether oxygens (including phenoxy) is 1. The highest BCUT2D eigenvalue weighted by molar-refractivity contribution is 6.31. The van der Waals surface area contributed by atoms with Crippen LogP contribution in [0.15, 0.2) is 42.5 Å². The summed E-state index contributed by atoms with van der Waals surface area (Å²) in [5.41, 5.74) is 14.8. The first-order chi connectivity index (χ1) is 20.0. The molecule has 4 amide bonds. The molecule has 5 atom stereocenters. The van der Waals surface area contributed by atoms with Crippen LogP contribution in [0.2, 0.25) is 5.02 Å². The molecule has 0 spiro atoms. The Balaban J connectivity index is 1.65. The van der Waals surface area contributed by atoms with Crippen LogP contribution in [-0.4, -0.2) is 71.3 Å². The number of amides is 4. The average Bonchev–Trinajstić information content (AvgIpc) is 2.94. The summed E-state index contributed by atoms with van der Waals surface area (Å²) in [6.07, 6.45) is 0.0929. The highest BCUT2D eigenvalue weighted by Crippen LogP contribution is 2.40. The molecule has 0 aliphatic carbocycles. The van der Waals surface area contributed by atoms with Crippen LogP contribution in [0.1, 0.15) is 55.8 Å². The van der Waals surface area contributed by atoms with Crippen molar-refractivity contribution < 1.29 is 23.9 Å². The van der Waals surface area contributed by atoms with Gasteiger partial charge >= 0.3 is 0 Å². The van der Waals surface area contributed by atoms with Crippen molar-refractivity contribution in [3.63, 3.8) is 0 Å². The molecule has 4 rings (SSSR count). The van der Waals surface area contributed by atoms with Gasteiger partial charge in [-0.15, -0.1) is 0 Å². The lowest BCUT2D eigenvalue weighted by molar-refractivity contribution is -0.150. The van der Waals surface area contributed by atoms with Gasteiger partial charge in [0, 0.05) is 43.1 Å². The van der Waals surface area contributed by atoms with Gasteiger partial charge in [-0.25, -0.2) is 0 Å². The zero-order valence-corrected chi connectivity index (χ0v) is 25.1. The van der Waals surface area contributed by atoms with Crippen LogP contribution in [0.4, 0.5) is 5.69 Å². The van der Waals surface area contributed by atoms with Crippen molar-refractivity contribution in [2.45, 2.75) is 70.7 Å². The Bertz CT molecular complexity index is 1330. The second-order valence-electron chi connectivity index (χ2n) is 11.3. The lowest BCUT2D eigenvalue weighted by atomic mass is 9.79. The molecule has 226 valence electrons. The van der Waals surface area contributed by atoms with E-state index in [1.54, 1.807) is 23.1 Å². The summed E-state index contributed by atoms with van der Waals surface area (Å²) in [6.45, 7) is 6.72. The number of carbonyl (C=O) groups is 4. The standard InChI is InChI=1S/C31H40ClN5O5/c1-18-14-22(8-9-25(18)32)35-31(41)24(12-13-33)29-23-7-5-4-6-21(23)15-26(30(34)40)37(29)28(39)11-10-27(38)36-16-19(2)42-20(3)17-36/h4-9,14,19-20,24,26,29H,10-13,15-17,33H2,1-3H3,(H2,34,40)(H,35,41)/t19-,20+,24-,26?,29?/m0/s1. The number of nitrogens with one attached hydrogen (secondary N) is 1. The molecule has 2 aromatic carbocycles. The van der Waals surface area contributed by atoms with Gasteiger partial charge in [0.25, 0.3) is 0 Å². The number of primary amides is 1. The van der Waals surface area contributed by atoms with E-state index >= 15 is 0 Å². The van der Waals surface area contributed by atoms with Crippen LogP contribution in [0, 0.1) is 12.8 Å². The third-order valence-electron chi connectivity index (χ3n) is 7.98. The smallest absolute Gasteiger partial charge is 0.240 e. The van der Waals surface area contributed by atoms with Gasteiger partial charge in [0.05, 0.1) is 24.2 Å². The normalized spacial score (nSPS) is 22.7. The molecule has 0 bridgehead atoms. The quantitative estimate of drug-likeness (QED) is 0.405. The zero-order chi connectivity index (χ0) is 30.6. The van der Waals surface area contributed by atoms with E-state index in [-0.39, 0.29) is 56.3 Å². The minimum Gasteiger partial charge on any atom is -0.372 e. The van der Waals surface area contributed by atoms with Crippen LogP contribution in [0.3, 0.4) is 0 Å². The number of hydrogen-bond donors (Lipinski definition) is 3. The Morgan fingerprint density at radius 1 is 1.05 bits per heavy atom. The molecule has 0 saturated carbocycles. The summed E-state index contributed by atoms with van der Waals surface area (Å²) in [7, 11) is 0. The maximum Gasteiger partial charge on any atom is 0.240 e. The molecule has 1 fully saturated rings. The first-order valence-electron chi connectivity index (χ1n) is 14.4. The zero-order valence-electron chi connectivity index (χ0n) is 24.3. The highest BCUT2D eigenvalue weighted by atomic mass is 35.5. The fraction of sp³-hybridized carbons (Fsp3) is 0.484. The molecule has 42 heavy (non-hydrogen) atoms. The molecular weight excluding hydrogens is 558 g/mol. The number of benzene rings is 2. The van der Waals surface area contributed by atoms with Crippen molar-refractivity contribution in [2.24, 2.45) is 17.4 Å². The van der Waals surface area contributed by atoms with Crippen molar-refractivity contribution in [3.05, 3.63) is 64.2 Å². The van der Waals surface area contributed by atoms with Gasteiger partial charge < -0.3 is 31.3 Å². The maximum absolute atomic E-state index is 14.0. The topological polar surface area (TPSA) is 148 Å². The Morgan fingerprint density at radius 2 is 1.71 bits per heavy atom. The maximum atomic E-state index is 14.0. The predicted molar refractivity (Wildman–Crippen MR) is 161 cm³/mol. The van der Waals surface area contributed by atoms with E-state index in [4.69, 9.17) is 27.8 Å². The van der Waals surface area contributed by atoms with E-state index in [2.05, 4.69) is 5.32 Å². The second-order valence-corrected chi connectivity index (χ2v) is 11.7. The van der Waals surface area contributed by atoms with Gasteiger partial charge in [0.15, 0.2) is 0 Å². The number of nitrogens with two attached hydrogens (primary N) is 2. The molecular formula is C31H40ClN5O5. The third-order valence-corrected chi connectivity index (χ3v) is 8.41. The number of anilines is 1. The Kier molecular flexibility index (Phi) is 10.2. The van der Waals surface area contributed by atoms with E-state index in [0.29, 0.717) is 23.8 Å². The van der Waals surface area contributed by atoms with Crippen molar-refractivity contribution in [1.82, 2.24) is 9.80 Å². The minimum absolute atomic E-state index is 0.0353. The second kappa shape index (κ2) is 13.7. The fourth-order valence-corrected chi connectivity index (χ4v) is 6.21. The van der Waals surface area contributed by atoms with Crippen molar-refractivity contribution in [1.29, 1.82) is 0 Å². The van der Waals surface area contributed by atoms with Gasteiger partial charge in [-0.05, 0) is 68.6 Å². The Morgan fingerprint density at radius 3 is 2.36 bits per heavy atom. The first-order valence-corrected chi connectivity index (χ1v) is 14.8. The van der Waals surface area contributed by atoms with Gasteiger partial charge in [0.1, 0.15) is 6.04 Å². The fourth-order valence-electron chi connectivity index (χ4n) is 6.09. The lowest BCUT2D eigenvalue weighted by Crippen LogP contribution is -2.56. The predicted octanol–water partition coefficient (Wildman–Crippen LogP) is 2.95. The SMILES string of the molecule is Cc1cc(NC(=O)[C@@H](CCN)C2c3ccccc3CC(C(N)=O)N2C(=O)CCC(=O)N2C[C@@H](C)O[C@@H](C)C2)ccc1Cl. The first kappa shape index (κ1) is 31.5. The van der Waals surface area contributed by atoms with Crippen molar-refractivity contribution >= 4 is 40.9 Å². The van der Waals surface area contributed by atoms with Gasteiger partial charge in [-0.1, -0.05) is 35.9 Å². The van der Waals surface area contributed by atoms with Gasteiger partial charge in [-0.3, -0.25) is 19.2 Å². The summed E-state index contributed by atoms with van der Waals surface area (Å²) in [5, 5.41) is 3.52. The molecule has 1 saturated heterocycles. The molecule has 2 aliphatic rings. The van der Waals surface area contributed by atoms with Crippen LogP contribution >= 0.6 is 11.6 Å². The molecule has 2 heterocycles. The Hall–Kier alpha value is -3.47. The molecule has 5 N–H and O–H groups in total. The average molecular weight is 598 g/mol. The van der Waals surface area contributed by atoms with Gasteiger partial charge in [-0.2, -0.15) is 0 Å². The number of nitrogens with zero attached hydrogens (tertiary/aromatic N) is 2. The monoisotopic (exact) mass is 597 g/mol. The number of fused-ring (bicyclic) bond motifs is 1. The molecule has 2 unspecified atom stereocenters. The summed E-state index contributed by atoms with van der Waals surface area (Å²) in [6, 6.07) is 10.8. The summed E-state index contributed by atoms with van der Waals surface area (Å²) < 4.78 is 5.73. The Labute approximate surface area is 251 Å². The third kappa shape index (κ3) is 7.11. The van der Waals surface area contributed by atoms with Crippen LogP contribution < -0.4 is 16.8 Å². The number of carbonyl (C=O) groups excluding carboxylic acids is 4. The van der Waals surface area contributed by atoms with Crippen LogP contribution in [0.25, 0.3) is 0 Å². The molecule has 0 radical (unpaired) electrons. The van der Waals surface area contributed by atoms with E-state index in [1.165, 1.54) is 4.90 Å². The number of morpholine rings is 1. The molecule has 2 aromatic rings. The lowest BCUT2D eigenvalue weighted by Gasteiger charge is -2.45. The van der Waals surface area contributed by atoms with E-state index in [0.717, 1.165) is 16.7 Å². The van der Waals surface area contributed by atoms with Crippen molar-refractivity contribution in [3.8, 4) is 0 Å². The van der Waals surface area contributed by atoms with E-state index in [1.807, 2.05) is 45.0 Å². The molecule has 0 aromatic heterocycles. The van der Waals surface area contributed by atoms with Crippen molar-refractivity contribution in [2.75, 3.05) is 25.0 Å². The number of halogens is 1. The number of hydrogen-bond acceptors (Lipinski definition) is 6. The molecule has 2 aliphatic heterocycles. The highest BCUT2D eigenvalue weighted by Gasteiger charge is 2.45. The molecule has 10 nitrogen and oxygen atoms in total. The summed E-state index contributed by atoms with van der Waals surface area (Å²) in [4.78, 5) is 56.8. The number of aryl methyl sites for hydroxylation is 1. The van der Waals surface area contributed by atoms with E-state index in [9.17, 15) is 19.2 Å². The largest absolute Gasteiger partial charge is 0.372 e. The molecule has 11 heteroatoms. The minimum atomic E-state index is -0.984. The van der Waals surface area contributed by atoms with Crippen LogP contribution in [-0.2, 0) is 30.3 Å². The summed E-state index contributed by atoms with van der Waals surface area (Å²) in [5.74, 6) is -2.40. The van der Waals surface area contributed by atoms with Gasteiger partial charge in [0.2, 0.25) is 23.6 Å².